The van der Waals surface area contributed by atoms with Crippen molar-refractivity contribution in [1.82, 2.24) is 15.1 Å². The van der Waals surface area contributed by atoms with Crippen molar-refractivity contribution in [3.05, 3.63) is 141 Å². The van der Waals surface area contributed by atoms with Crippen LogP contribution < -0.4 is 11.1 Å². The van der Waals surface area contributed by atoms with Crippen LogP contribution in [0.25, 0.3) is 0 Å². The minimum atomic E-state index is -0.516. The van der Waals surface area contributed by atoms with Gasteiger partial charge in [0, 0.05) is 45.3 Å². The van der Waals surface area contributed by atoms with Crippen molar-refractivity contribution in [3.63, 3.8) is 0 Å². The molecule has 0 aliphatic carbocycles. The van der Waals surface area contributed by atoms with E-state index in [0.29, 0.717) is 11.1 Å². The van der Waals surface area contributed by atoms with Gasteiger partial charge in [0.15, 0.2) is 0 Å². The number of amides is 1. The lowest BCUT2D eigenvalue weighted by atomic mass is 9.94. The highest BCUT2D eigenvalue weighted by Crippen LogP contribution is 2.26. The van der Waals surface area contributed by atoms with Crippen molar-refractivity contribution >= 4 is 18.0 Å². The van der Waals surface area contributed by atoms with Gasteiger partial charge in [0.25, 0.3) is 0 Å². The number of alkyl carbamates (subject to hydrolysis) is 1. The molecule has 1 amide bonds. The number of nitrogens with two attached hydrogens (primary N) is 1. The number of ether oxygens (including phenoxy) is 3. The molecule has 3 N–H and O–H groups in total. The number of nitrogens with one attached hydrogen (secondary N) is 1. The maximum Gasteiger partial charge on any atom is 0.408 e. The van der Waals surface area contributed by atoms with E-state index in [0.717, 1.165) is 74.4 Å². The van der Waals surface area contributed by atoms with Crippen molar-refractivity contribution in [2.24, 2.45) is 5.73 Å². The van der Waals surface area contributed by atoms with Gasteiger partial charge < -0.3 is 25.3 Å². The molecule has 0 spiro atoms. The summed E-state index contributed by atoms with van der Waals surface area (Å²) in [4.78, 5) is 40.7. The molecule has 0 radical (unpaired) electrons. The van der Waals surface area contributed by atoms with Crippen molar-refractivity contribution in [3.8, 4) is 0 Å². The summed E-state index contributed by atoms with van der Waals surface area (Å²) < 4.78 is 15.1. The lowest BCUT2D eigenvalue weighted by Gasteiger charge is -2.30. The standard InChI is InChI=1S/C25H32N2O4.C20H24N2O2/c1-17(26-24(29)31-25(2,3)4)19-11-9-18(10-12-19)15-27-14-13-21-20(16-27)7-6-8-22(21)23(28)30-5;1-14(21)16-8-6-15(7-9-16)12-22-11-10-18-17(13-22)4-3-5-19(18)20(23)24-2/h6-12,17H,13-16H2,1-5H3,(H,26,29);3-9,14H,10-13,21H2,1-2H3/t17-;14-/m00/s1. The lowest BCUT2D eigenvalue weighted by Crippen LogP contribution is -2.34. The molecule has 4 aromatic rings. The molecular weight excluding hydrogens is 693 g/mol. The number of nitrogens with zero attached hydrogens (tertiary/aromatic N) is 2. The molecule has 2 aliphatic heterocycles. The molecule has 0 aromatic heterocycles. The molecular formula is C45H56N4O6. The Labute approximate surface area is 325 Å². The van der Waals surface area contributed by atoms with Gasteiger partial charge in [-0.2, -0.15) is 0 Å². The lowest BCUT2D eigenvalue weighted by molar-refractivity contribution is 0.0506. The predicted octanol–water partition coefficient (Wildman–Crippen LogP) is 7.67. The molecule has 0 saturated carbocycles. The second-order valence-electron chi connectivity index (χ2n) is 15.4. The van der Waals surface area contributed by atoms with E-state index in [9.17, 15) is 14.4 Å². The first kappa shape index (κ1) is 41.1. The number of hydrogen-bond acceptors (Lipinski definition) is 9. The molecule has 2 heterocycles. The Bertz CT molecular complexity index is 1930. The van der Waals surface area contributed by atoms with Gasteiger partial charge in [-0.05, 0) is 104 Å². The van der Waals surface area contributed by atoms with Gasteiger partial charge in [-0.15, -0.1) is 0 Å². The topological polar surface area (TPSA) is 123 Å². The molecule has 2 atom stereocenters. The second-order valence-corrected chi connectivity index (χ2v) is 15.4. The van der Waals surface area contributed by atoms with Crippen LogP contribution in [-0.2, 0) is 53.2 Å². The summed E-state index contributed by atoms with van der Waals surface area (Å²) in [6.45, 7) is 14.7. The minimum Gasteiger partial charge on any atom is -0.465 e. The van der Waals surface area contributed by atoms with E-state index in [4.69, 9.17) is 19.9 Å². The number of methoxy groups -OCH3 is 2. The monoisotopic (exact) mass is 748 g/mol. The molecule has 292 valence electrons. The zero-order valence-electron chi connectivity index (χ0n) is 33.3. The van der Waals surface area contributed by atoms with Crippen molar-refractivity contribution in [1.29, 1.82) is 0 Å². The summed E-state index contributed by atoms with van der Waals surface area (Å²) in [5.41, 5.74) is 16.1. The average molecular weight is 749 g/mol. The molecule has 4 aromatic carbocycles. The first-order valence-corrected chi connectivity index (χ1v) is 19.0. The van der Waals surface area contributed by atoms with E-state index in [1.807, 2.05) is 71.0 Å². The van der Waals surface area contributed by atoms with Crippen LogP contribution in [0, 0.1) is 0 Å². The number of carbonyl (C=O) groups is 3. The summed E-state index contributed by atoms with van der Waals surface area (Å²) in [7, 11) is 2.85. The van der Waals surface area contributed by atoms with Crippen LogP contribution in [-0.4, -0.2) is 60.7 Å². The molecule has 0 unspecified atom stereocenters. The Morgan fingerprint density at radius 3 is 1.53 bits per heavy atom. The van der Waals surface area contributed by atoms with E-state index in [1.165, 1.54) is 36.5 Å². The van der Waals surface area contributed by atoms with E-state index in [1.54, 1.807) is 0 Å². The van der Waals surface area contributed by atoms with Crippen LogP contribution in [0.2, 0.25) is 0 Å². The summed E-state index contributed by atoms with van der Waals surface area (Å²) in [5, 5.41) is 2.87. The predicted molar refractivity (Wildman–Crippen MR) is 214 cm³/mol. The fraction of sp³-hybridized carbons (Fsp3) is 0.400. The third kappa shape index (κ3) is 11.3. The maximum atomic E-state index is 12.0. The Kier molecular flexibility index (Phi) is 13.9. The van der Waals surface area contributed by atoms with Gasteiger partial charge >= 0.3 is 18.0 Å². The highest BCUT2D eigenvalue weighted by atomic mass is 16.6. The molecule has 0 fully saturated rings. The van der Waals surface area contributed by atoms with Gasteiger partial charge in [-0.1, -0.05) is 72.8 Å². The number of esters is 2. The average Bonchev–Trinajstić information content (AvgIpc) is 3.16. The highest BCUT2D eigenvalue weighted by molar-refractivity contribution is 5.92. The van der Waals surface area contributed by atoms with Crippen molar-refractivity contribution < 1.29 is 28.6 Å². The van der Waals surface area contributed by atoms with Crippen LogP contribution in [0.5, 0.6) is 0 Å². The Morgan fingerprint density at radius 1 is 0.691 bits per heavy atom. The summed E-state index contributed by atoms with van der Waals surface area (Å²) in [6, 6.07) is 28.5. The normalized spacial score (nSPS) is 15.3. The van der Waals surface area contributed by atoms with Crippen molar-refractivity contribution in [2.75, 3.05) is 27.3 Å². The molecule has 0 saturated heterocycles. The molecule has 6 rings (SSSR count). The minimum absolute atomic E-state index is 0.0673. The fourth-order valence-corrected chi connectivity index (χ4v) is 7.13. The quantitative estimate of drug-likeness (QED) is 0.131. The van der Waals surface area contributed by atoms with Crippen LogP contribution in [0.3, 0.4) is 0 Å². The van der Waals surface area contributed by atoms with E-state index in [-0.39, 0.29) is 24.0 Å². The number of carbonyl (C=O) groups excluding carboxylic acids is 3. The van der Waals surface area contributed by atoms with Gasteiger partial charge in [-0.25, -0.2) is 14.4 Å². The van der Waals surface area contributed by atoms with E-state index < -0.39 is 11.7 Å². The van der Waals surface area contributed by atoms with Gasteiger partial charge in [-0.3, -0.25) is 9.80 Å². The van der Waals surface area contributed by atoms with Gasteiger partial charge in [0.1, 0.15) is 5.60 Å². The Balaban J connectivity index is 0.000000218. The highest BCUT2D eigenvalue weighted by Gasteiger charge is 2.24. The van der Waals surface area contributed by atoms with Crippen LogP contribution in [0.15, 0.2) is 84.9 Å². The summed E-state index contributed by atoms with van der Waals surface area (Å²) >= 11 is 0. The number of rotatable bonds is 9. The fourth-order valence-electron chi connectivity index (χ4n) is 7.13. The van der Waals surface area contributed by atoms with Gasteiger partial charge in [0.05, 0.1) is 31.4 Å². The Morgan fingerprint density at radius 2 is 1.13 bits per heavy atom. The number of hydrogen-bond donors (Lipinski definition) is 2. The van der Waals surface area contributed by atoms with Crippen LogP contribution in [0.4, 0.5) is 4.79 Å². The first-order chi connectivity index (χ1) is 26.2. The number of fused-ring (bicyclic) bond motifs is 2. The third-order valence-electron chi connectivity index (χ3n) is 10.0. The number of benzene rings is 4. The zero-order chi connectivity index (χ0) is 39.7. The molecule has 10 nitrogen and oxygen atoms in total. The molecule has 10 heteroatoms. The summed E-state index contributed by atoms with van der Waals surface area (Å²) in [5.74, 6) is -0.512. The third-order valence-corrected chi connectivity index (χ3v) is 10.0. The molecule has 55 heavy (non-hydrogen) atoms. The van der Waals surface area contributed by atoms with Crippen molar-refractivity contribution in [2.45, 2.75) is 91.3 Å². The smallest absolute Gasteiger partial charge is 0.408 e. The summed E-state index contributed by atoms with van der Waals surface area (Å²) in [6.07, 6.45) is 1.29. The van der Waals surface area contributed by atoms with Gasteiger partial charge in [0.2, 0.25) is 0 Å². The van der Waals surface area contributed by atoms with Crippen LogP contribution in [0.1, 0.15) is 112 Å². The van der Waals surface area contributed by atoms with E-state index >= 15 is 0 Å². The molecule has 2 aliphatic rings. The largest absolute Gasteiger partial charge is 0.465 e. The molecule has 0 bridgehead atoms. The maximum absolute atomic E-state index is 12.0. The Hall–Kier alpha value is -5.03. The van der Waals surface area contributed by atoms with Crippen LogP contribution >= 0.6 is 0 Å². The zero-order valence-corrected chi connectivity index (χ0v) is 33.3. The second kappa shape index (κ2) is 18.5. The SMILES string of the molecule is COC(=O)c1cccc2c1CCN(Cc1ccc([C@H](C)N)cc1)C2.COC(=O)c1cccc2c1CCN(Cc1ccc([C@H](C)NC(=O)OC(C)(C)C)cc1)C2. The first-order valence-electron chi connectivity index (χ1n) is 19.0. The van der Waals surface area contributed by atoms with E-state index in [2.05, 4.69) is 63.6 Å².